The van der Waals surface area contributed by atoms with Gasteiger partial charge in [-0.05, 0) is 44.9 Å². The van der Waals surface area contributed by atoms with Crippen molar-refractivity contribution in [2.24, 2.45) is 5.14 Å². The van der Waals surface area contributed by atoms with Crippen LogP contribution in [0.2, 0.25) is 0 Å². The van der Waals surface area contributed by atoms with Crippen molar-refractivity contribution in [3.63, 3.8) is 0 Å². The fraction of sp³-hybridized carbons (Fsp3) is 0.375. The number of anilines is 2. The van der Waals surface area contributed by atoms with Crippen molar-refractivity contribution in [1.82, 2.24) is 9.97 Å². The van der Waals surface area contributed by atoms with Gasteiger partial charge in [0.05, 0.1) is 4.90 Å². The van der Waals surface area contributed by atoms with Gasteiger partial charge < -0.3 is 10.6 Å². The predicted molar refractivity (Wildman–Crippen MR) is 95.4 cm³/mol. The van der Waals surface area contributed by atoms with Gasteiger partial charge in [-0.15, -0.1) is 0 Å². The fourth-order valence-electron chi connectivity index (χ4n) is 2.09. The third-order valence-electron chi connectivity index (χ3n) is 3.14. The molecule has 0 aliphatic heterocycles. The van der Waals surface area contributed by atoms with Gasteiger partial charge in [-0.2, -0.15) is 0 Å². The fourth-order valence-corrected chi connectivity index (χ4v) is 2.60. The number of hydrogen-bond acceptors (Lipinski definition) is 6. The van der Waals surface area contributed by atoms with Crippen LogP contribution in [0.1, 0.15) is 26.3 Å². The Hall–Kier alpha value is -2.19. The molecule has 1 heterocycles. The minimum atomic E-state index is -3.64. The second kappa shape index (κ2) is 7.14. The second-order valence-electron chi connectivity index (χ2n) is 6.53. The van der Waals surface area contributed by atoms with Crippen LogP contribution in [0.5, 0.6) is 0 Å². The van der Waals surface area contributed by atoms with E-state index < -0.39 is 10.0 Å². The first-order valence-corrected chi connectivity index (χ1v) is 9.14. The van der Waals surface area contributed by atoms with E-state index in [2.05, 4.69) is 41.4 Å². The molecule has 8 heteroatoms. The normalized spacial score (nSPS) is 12.0. The minimum absolute atomic E-state index is 0.0727. The SMILES string of the molecule is CC(C)(C)Nc1cc(NCCc2ccc(S(N)(=O)=O)cc2)ncn1. The highest BCUT2D eigenvalue weighted by Crippen LogP contribution is 2.14. The molecule has 1 aromatic carbocycles. The van der Waals surface area contributed by atoms with Gasteiger partial charge in [-0.1, -0.05) is 12.1 Å². The van der Waals surface area contributed by atoms with E-state index >= 15 is 0 Å². The summed E-state index contributed by atoms with van der Waals surface area (Å²) in [4.78, 5) is 8.50. The minimum Gasteiger partial charge on any atom is -0.370 e. The van der Waals surface area contributed by atoms with E-state index in [4.69, 9.17) is 5.14 Å². The highest BCUT2D eigenvalue weighted by molar-refractivity contribution is 7.89. The van der Waals surface area contributed by atoms with Crippen LogP contribution < -0.4 is 15.8 Å². The van der Waals surface area contributed by atoms with Crippen LogP contribution in [0.4, 0.5) is 11.6 Å². The molecular formula is C16H23N5O2S. The standard InChI is InChI=1S/C16H23N5O2S/c1-16(2,3)21-15-10-14(19-11-20-15)18-9-8-12-4-6-13(7-5-12)24(17,22)23/h4-7,10-11H,8-9H2,1-3H3,(H2,17,22,23)(H2,18,19,20,21). The molecule has 0 fully saturated rings. The Morgan fingerprint density at radius 2 is 1.71 bits per heavy atom. The number of sulfonamides is 1. The summed E-state index contributed by atoms with van der Waals surface area (Å²) in [5.74, 6) is 1.50. The summed E-state index contributed by atoms with van der Waals surface area (Å²) in [6.45, 7) is 6.86. The lowest BCUT2D eigenvalue weighted by Crippen LogP contribution is -2.26. The van der Waals surface area contributed by atoms with Gasteiger partial charge >= 0.3 is 0 Å². The molecule has 7 nitrogen and oxygen atoms in total. The Balaban J connectivity index is 1.91. The number of benzene rings is 1. The molecule has 0 saturated heterocycles. The Morgan fingerprint density at radius 3 is 2.29 bits per heavy atom. The molecule has 0 spiro atoms. The van der Waals surface area contributed by atoms with Gasteiger partial charge in [-0.3, -0.25) is 0 Å². The van der Waals surface area contributed by atoms with Crippen LogP contribution in [-0.4, -0.2) is 30.5 Å². The molecule has 0 atom stereocenters. The molecule has 0 aliphatic rings. The summed E-state index contributed by atoms with van der Waals surface area (Å²) in [5, 5.41) is 11.6. The van der Waals surface area contributed by atoms with E-state index in [1.165, 1.54) is 18.5 Å². The van der Waals surface area contributed by atoms with E-state index in [-0.39, 0.29) is 10.4 Å². The smallest absolute Gasteiger partial charge is 0.238 e. The van der Waals surface area contributed by atoms with E-state index in [1.807, 2.05) is 6.07 Å². The van der Waals surface area contributed by atoms with E-state index in [1.54, 1.807) is 12.1 Å². The Labute approximate surface area is 142 Å². The molecule has 0 amide bonds. The third-order valence-corrected chi connectivity index (χ3v) is 4.07. The predicted octanol–water partition coefficient (Wildman–Crippen LogP) is 1.99. The number of hydrogen-bond donors (Lipinski definition) is 3. The van der Waals surface area contributed by atoms with Crippen LogP contribution >= 0.6 is 0 Å². The zero-order valence-corrected chi connectivity index (χ0v) is 14.9. The van der Waals surface area contributed by atoms with Crippen molar-refractivity contribution < 1.29 is 8.42 Å². The van der Waals surface area contributed by atoms with Gasteiger partial charge in [0.1, 0.15) is 18.0 Å². The molecule has 0 saturated carbocycles. The Kier molecular flexibility index (Phi) is 5.40. The van der Waals surface area contributed by atoms with Gasteiger partial charge in [0.2, 0.25) is 10.0 Å². The van der Waals surface area contributed by atoms with Gasteiger partial charge in [0.25, 0.3) is 0 Å². The molecule has 0 unspecified atom stereocenters. The summed E-state index contributed by atoms with van der Waals surface area (Å²) in [6, 6.07) is 8.40. The lowest BCUT2D eigenvalue weighted by molar-refractivity contribution is 0.597. The summed E-state index contributed by atoms with van der Waals surface area (Å²) < 4.78 is 22.4. The van der Waals surface area contributed by atoms with E-state index in [0.717, 1.165) is 23.6 Å². The molecule has 2 aromatic rings. The molecule has 1 aromatic heterocycles. The van der Waals surface area contributed by atoms with Crippen molar-refractivity contribution in [3.05, 3.63) is 42.2 Å². The van der Waals surface area contributed by atoms with Gasteiger partial charge in [0.15, 0.2) is 0 Å². The largest absolute Gasteiger partial charge is 0.370 e. The van der Waals surface area contributed by atoms with Crippen molar-refractivity contribution in [2.75, 3.05) is 17.2 Å². The number of primary sulfonamides is 1. The quantitative estimate of drug-likeness (QED) is 0.736. The maximum absolute atomic E-state index is 11.2. The Morgan fingerprint density at radius 1 is 1.08 bits per heavy atom. The second-order valence-corrected chi connectivity index (χ2v) is 8.09. The van der Waals surface area contributed by atoms with Crippen molar-refractivity contribution in [1.29, 1.82) is 0 Å². The number of nitrogens with zero attached hydrogens (tertiary/aromatic N) is 2. The van der Waals surface area contributed by atoms with Gasteiger partial charge in [-0.25, -0.2) is 23.5 Å². The summed E-state index contributed by atoms with van der Waals surface area (Å²) in [7, 11) is -3.64. The molecule has 4 N–H and O–H groups in total. The molecule has 0 aliphatic carbocycles. The van der Waals surface area contributed by atoms with E-state index in [0.29, 0.717) is 6.54 Å². The van der Waals surface area contributed by atoms with Crippen LogP contribution in [-0.2, 0) is 16.4 Å². The van der Waals surface area contributed by atoms with Crippen LogP contribution in [0.25, 0.3) is 0 Å². The average Bonchev–Trinajstić information content (AvgIpc) is 2.45. The highest BCUT2D eigenvalue weighted by atomic mass is 32.2. The molecule has 0 radical (unpaired) electrons. The summed E-state index contributed by atoms with van der Waals surface area (Å²) in [6.07, 6.45) is 2.24. The zero-order valence-electron chi connectivity index (χ0n) is 14.1. The summed E-state index contributed by atoms with van der Waals surface area (Å²) >= 11 is 0. The topological polar surface area (TPSA) is 110 Å². The van der Waals surface area contributed by atoms with Crippen LogP contribution in [0.3, 0.4) is 0 Å². The molecule has 0 bridgehead atoms. The first kappa shape index (κ1) is 18.2. The van der Waals surface area contributed by atoms with Crippen LogP contribution in [0.15, 0.2) is 41.6 Å². The van der Waals surface area contributed by atoms with Crippen molar-refractivity contribution >= 4 is 21.7 Å². The van der Waals surface area contributed by atoms with Crippen LogP contribution in [0, 0.1) is 0 Å². The van der Waals surface area contributed by atoms with Crippen molar-refractivity contribution in [2.45, 2.75) is 37.6 Å². The molecule has 2 rings (SSSR count). The Bertz CT molecular complexity index is 783. The molecule has 130 valence electrons. The van der Waals surface area contributed by atoms with E-state index in [9.17, 15) is 8.42 Å². The lowest BCUT2D eigenvalue weighted by atomic mass is 10.1. The number of nitrogens with one attached hydrogen (secondary N) is 2. The summed E-state index contributed by atoms with van der Waals surface area (Å²) in [5.41, 5.74) is 0.938. The van der Waals surface area contributed by atoms with Gasteiger partial charge in [0, 0.05) is 18.2 Å². The number of nitrogens with two attached hydrogens (primary N) is 1. The lowest BCUT2D eigenvalue weighted by Gasteiger charge is -2.21. The molecule has 24 heavy (non-hydrogen) atoms. The first-order chi connectivity index (χ1) is 11.1. The third kappa shape index (κ3) is 5.78. The molecular weight excluding hydrogens is 326 g/mol. The highest BCUT2D eigenvalue weighted by Gasteiger charge is 2.10. The number of aromatic nitrogens is 2. The maximum Gasteiger partial charge on any atom is 0.238 e. The maximum atomic E-state index is 11.2. The number of rotatable bonds is 6. The average molecular weight is 349 g/mol. The zero-order chi connectivity index (χ0) is 17.8. The monoisotopic (exact) mass is 349 g/mol. The van der Waals surface area contributed by atoms with Crippen molar-refractivity contribution in [3.8, 4) is 0 Å². The first-order valence-electron chi connectivity index (χ1n) is 7.59.